The Morgan fingerprint density at radius 3 is 2.96 bits per heavy atom. The van der Waals surface area contributed by atoms with Crippen molar-refractivity contribution in [1.29, 1.82) is 0 Å². The number of benzene rings is 1. The molecule has 2 aromatic rings. The van der Waals surface area contributed by atoms with E-state index in [1.54, 1.807) is 18.2 Å². The van der Waals surface area contributed by atoms with Gasteiger partial charge in [0.1, 0.15) is 0 Å². The molecule has 0 unspecified atom stereocenters. The maximum Gasteiger partial charge on any atom is 0.225 e. The molecule has 1 fully saturated rings. The molecule has 1 atom stereocenters. The number of carbonyl (C=O) groups is 1. The Bertz CT molecular complexity index is 746. The van der Waals surface area contributed by atoms with Gasteiger partial charge in [0.05, 0.1) is 10.7 Å². The average Bonchev–Trinajstić information content (AvgIpc) is 3.17. The molecule has 1 saturated heterocycles. The second kappa shape index (κ2) is 8.21. The molecule has 0 radical (unpaired) electrons. The molecular formula is C18H22Cl2N4O. The maximum absolute atomic E-state index is 12.1. The standard InChI is InChI=1S/C18H22Cl2N4O/c1-12-4-2-8-24(12)9-3-5-18(25)21-17-11-16(22-23-17)14-7-6-13(19)10-15(14)20/h6-7,10-12H,2-5,8-9H2,1H3,(H2,21,22,23,25)/t12-/m0/s1. The number of aromatic amines is 1. The number of halogens is 2. The number of hydrogen-bond donors (Lipinski definition) is 2. The molecular weight excluding hydrogens is 359 g/mol. The zero-order chi connectivity index (χ0) is 17.8. The van der Waals surface area contributed by atoms with Crippen LogP contribution in [0.25, 0.3) is 11.3 Å². The number of H-pyrrole nitrogens is 1. The predicted octanol–water partition coefficient (Wildman–Crippen LogP) is 4.59. The zero-order valence-electron chi connectivity index (χ0n) is 14.2. The van der Waals surface area contributed by atoms with Crippen LogP contribution in [0.3, 0.4) is 0 Å². The summed E-state index contributed by atoms with van der Waals surface area (Å²) < 4.78 is 0. The highest BCUT2D eigenvalue weighted by Crippen LogP contribution is 2.30. The summed E-state index contributed by atoms with van der Waals surface area (Å²) in [6.07, 6.45) is 3.87. The van der Waals surface area contributed by atoms with Gasteiger partial charge in [-0.25, -0.2) is 0 Å². The van der Waals surface area contributed by atoms with Crippen LogP contribution in [-0.4, -0.2) is 40.1 Å². The highest BCUT2D eigenvalue weighted by atomic mass is 35.5. The minimum Gasteiger partial charge on any atom is -0.309 e. The van der Waals surface area contributed by atoms with Crippen molar-refractivity contribution in [3.63, 3.8) is 0 Å². The molecule has 1 aromatic carbocycles. The first kappa shape index (κ1) is 18.2. The summed E-state index contributed by atoms with van der Waals surface area (Å²) in [5, 5.41) is 11.0. The number of anilines is 1. The highest BCUT2D eigenvalue weighted by molar-refractivity contribution is 6.36. The number of amides is 1. The van der Waals surface area contributed by atoms with Crippen LogP contribution >= 0.6 is 23.2 Å². The molecule has 0 saturated carbocycles. The lowest BCUT2D eigenvalue weighted by Crippen LogP contribution is -2.28. The SMILES string of the molecule is C[C@H]1CCCN1CCCC(=O)Nc1cc(-c2ccc(Cl)cc2Cl)[nH]n1. The van der Waals surface area contributed by atoms with Crippen molar-refractivity contribution in [3.05, 3.63) is 34.3 Å². The second-order valence-electron chi connectivity index (χ2n) is 6.47. The Morgan fingerprint density at radius 2 is 2.24 bits per heavy atom. The molecule has 5 nitrogen and oxygen atoms in total. The lowest BCUT2D eigenvalue weighted by Gasteiger charge is -2.20. The topological polar surface area (TPSA) is 61.0 Å². The first-order valence-electron chi connectivity index (χ1n) is 8.57. The van der Waals surface area contributed by atoms with Gasteiger partial charge in [-0.2, -0.15) is 5.10 Å². The van der Waals surface area contributed by atoms with Crippen molar-refractivity contribution in [2.24, 2.45) is 0 Å². The van der Waals surface area contributed by atoms with Crippen molar-refractivity contribution < 1.29 is 4.79 Å². The fraction of sp³-hybridized carbons (Fsp3) is 0.444. The molecule has 1 aliphatic rings. The Labute approximate surface area is 157 Å². The van der Waals surface area contributed by atoms with Crippen molar-refractivity contribution >= 4 is 34.9 Å². The van der Waals surface area contributed by atoms with E-state index in [0.717, 1.165) is 30.8 Å². The minimum atomic E-state index is -0.0212. The van der Waals surface area contributed by atoms with E-state index in [-0.39, 0.29) is 5.91 Å². The molecule has 1 aromatic heterocycles. The average molecular weight is 381 g/mol. The number of carbonyl (C=O) groups excluding carboxylic acids is 1. The Balaban J connectivity index is 1.51. The third-order valence-electron chi connectivity index (χ3n) is 4.61. The van der Waals surface area contributed by atoms with E-state index >= 15 is 0 Å². The normalized spacial score (nSPS) is 17.8. The van der Waals surface area contributed by atoms with Crippen molar-refractivity contribution in [2.75, 3.05) is 18.4 Å². The number of hydrogen-bond acceptors (Lipinski definition) is 3. The fourth-order valence-electron chi connectivity index (χ4n) is 3.20. The quantitative estimate of drug-likeness (QED) is 0.770. The molecule has 1 amide bonds. The van der Waals surface area contributed by atoms with Crippen LogP contribution in [-0.2, 0) is 4.79 Å². The van der Waals surface area contributed by atoms with E-state index in [4.69, 9.17) is 23.2 Å². The van der Waals surface area contributed by atoms with Gasteiger partial charge in [0.15, 0.2) is 5.82 Å². The second-order valence-corrected chi connectivity index (χ2v) is 7.31. The molecule has 0 aliphatic carbocycles. The lowest BCUT2D eigenvalue weighted by atomic mass is 10.1. The summed E-state index contributed by atoms with van der Waals surface area (Å²) in [4.78, 5) is 14.5. The molecule has 7 heteroatoms. The summed E-state index contributed by atoms with van der Waals surface area (Å²) in [5.74, 6) is 0.479. The van der Waals surface area contributed by atoms with Gasteiger partial charge in [-0.15, -0.1) is 0 Å². The molecule has 2 N–H and O–H groups in total. The summed E-state index contributed by atoms with van der Waals surface area (Å²) in [7, 11) is 0. The molecule has 2 heterocycles. The number of rotatable bonds is 6. The van der Waals surface area contributed by atoms with E-state index in [9.17, 15) is 4.79 Å². The third-order valence-corrected chi connectivity index (χ3v) is 5.15. The van der Waals surface area contributed by atoms with Crippen molar-refractivity contribution in [3.8, 4) is 11.3 Å². The van der Waals surface area contributed by atoms with E-state index < -0.39 is 0 Å². The van der Waals surface area contributed by atoms with Crippen LogP contribution < -0.4 is 5.32 Å². The van der Waals surface area contributed by atoms with Crippen molar-refractivity contribution in [2.45, 2.75) is 38.6 Å². The minimum absolute atomic E-state index is 0.0212. The van der Waals surface area contributed by atoms with Crippen LogP contribution in [0.15, 0.2) is 24.3 Å². The van der Waals surface area contributed by atoms with Crippen LogP contribution in [0.4, 0.5) is 5.82 Å². The van der Waals surface area contributed by atoms with Gasteiger partial charge < -0.3 is 10.2 Å². The Morgan fingerprint density at radius 1 is 1.40 bits per heavy atom. The Hall–Kier alpha value is -1.56. The van der Waals surface area contributed by atoms with Gasteiger partial charge in [0.25, 0.3) is 0 Å². The summed E-state index contributed by atoms with van der Waals surface area (Å²) >= 11 is 12.1. The van der Waals surface area contributed by atoms with Gasteiger partial charge in [-0.3, -0.25) is 9.89 Å². The molecule has 134 valence electrons. The lowest BCUT2D eigenvalue weighted by molar-refractivity contribution is -0.116. The number of aromatic nitrogens is 2. The van der Waals surface area contributed by atoms with E-state index in [1.165, 1.54) is 12.8 Å². The number of nitrogens with zero attached hydrogens (tertiary/aromatic N) is 2. The first-order chi connectivity index (χ1) is 12.0. The van der Waals surface area contributed by atoms with Gasteiger partial charge in [0.2, 0.25) is 5.91 Å². The van der Waals surface area contributed by atoms with E-state index in [0.29, 0.717) is 28.3 Å². The van der Waals surface area contributed by atoms with Gasteiger partial charge >= 0.3 is 0 Å². The first-order valence-corrected chi connectivity index (χ1v) is 9.33. The van der Waals surface area contributed by atoms with Crippen LogP contribution in [0, 0.1) is 0 Å². The van der Waals surface area contributed by atoms with Crippen LogP contribution in [0.1, 0.15) is 32.6 Å². The largest absolute Gasteiger partial charge is 0.309 e. The third kappa shape index (κ3) is 4.75. The van der Waals surface area contributed by atoms with E-state index in [2.05, 4.69) is 27.3 Å². The van der Waals surface area contributed by atoms with Gasteiger partial charge in [0, 0.05) is 29.1 Å². The monoisotopic (exact) mass is 380 g/mol. The van der Waals surface area contributed by atoms with Crippen LogP contribution in [0.2, 0.25) is 10.0 Å². The molecule has 3 rings (SSSR count). The molecule has 1 aliphatic heterocycles. The van der Waals surface area contributed by atoms with Gasteiger partial charge in [-0.05, 0) is 57.5 Å². The Kier molecular flexibility index (Phi) is 5.99. The molecule has 0 bridgehead atoms. The zero-order valence-corrected chi connectivity index (χ0v) is 15.7. The van der Waals surface area contributed by atoms with Gasteiger partial charge in [-0.1, -0.05) is 23.2 Å². The summed E-state index contributed by atoms with van der Waals surface area (Å²) in [5.41, 5.74) is 1.53. The predicted molar refractivity (Wildman–Crippen MR) is 102 cm³/mol. The smallest absolute Gasteiger partial charge is 0.225 e. The maximum atomic E-state index is 12.1. The highest BCUT2D eigenvalue weighted by Gasteiger charge is 2.19. The number of likely N-dealkylation sites (tertiary alicyclic amines) is 1. The fourth-order valence-corrected chi connectivity index (χ4v) is 3.71. The summed E-state index contributed by atoms with van der Waals surface area (Å²) in [6.45, 7) is 4.37. The number of nitrogens with one attached hydrogen (secondary N) is 2. The summed E-state index contributed by atoms with van der Waals surface area (Å²) in [6, 6.07) is 7.68. The molecule has 25 heavy (non-hydrogen) atoms. The van der Waals surface area contributed by atoms with E-state index in [1.807, 2.05) is 6.07 Å². The van der Waals surface area contributed by atoms with Crippen molar-refractivity contribution in [1.82, 2.24) is 15.1 Å². The molecule has 0 spiro atoms. The van der Waals surface area contributed by atoms with Crippen LogP contribution in [0.5, 0.6) is 0 Å².